The number of carboxylic acid groups (broad SMARTS) is 1. The van der Waals surface area contributed by atoms with E-state index in [4.69, 9.17) is 27.9 Å². The van der Waals surface area contributed by atoms with Gasteiger partial charge in [-0.2, -0.15) is 0 Å². The van der Waals surface area contributed by atoms with Crippen molar-refractivity contribution < 1.29 is 19.4 Å². The highest BCUT2D eigenvalue weighted by Gasteiger charge is 2.35. The van der Waals surface area contributed by atoms with Crippen LogP contribution in [0.3, 0.4) is 0 Å². The van der Waals surface area contributed by atoms with Gasteiger partial charge in [-0.15, -0.1) is 0 Å². The van der Waals surface area contributed by atoms with Crippen LogP contribution in [0.2, 0.25) is 10.0 Å². The maximum Gasteiger partial charge on any atom is 0.339 e. The zero-order valence-electron chi connectivity index (χ0n) is 20.3. The molecule has 1 N–H and O–H groups in total. The average Bonchev–Trinajstić information content (AvgIpc) is 3.24. The number of amides is 1. The minimum atomic E-state index is -1.13. The van der Waals surface area contributed by atoms with Gasteiger partial charge in [0, 0.05) is 10.0 Å². The summed E-state index contributed by atoms with van der Waals surface area (Å²) in [6.45, 7) is 0.233. The molecule has 5 rings (SSSR count). The summed E-state index contributed by atoms with van der Waals surface area (Å²) >= 11 is 13.3. The van der Waals surface area contributed by atoms with E-state index in [2.05, 4.69) is 4.99 Å². The van der Waals surface area contributed by atoms with Crippen molar-refractivity contribution in [2.24, 2.45) is 4.99 Å². The molecule has 0 spiro atoms. The first-order valence-electron chi connectivity index (χ1n) is 11.8. The number of aliphatic imine (C=N–C) groups is 1. The van der Waals surface area contributed by atoms with E-state index < -0.39 is 5.97 Å². The molecule has 194 valence electrons. The Labute approximate surface area is 239 Å². The topological polar surface area (TPSA) is 79.2 Å². The molecule has 0 atom stereocenters. The Morgan fingerprint density at radius 2 is 1.59 bits per heavy atom. The van der Waals surface area contributed by atoms with Gasteiger partial charge >= 0.3 is 5.97 Å². The maximum absolute atomic E-state index is 13.6. The number of anilines is 1. The summed E-state index contributed by atoms with van der Waals surface area (Å²) in [5.41, 5.74) is 2.69. The highest BCUT2D eigenvalue weighted by atomic mass is 35.5. The molecule has 0 radical (unpaired) electrons. The Kier molecular flexibility index (Phi) is 8.02. The molecule has 1 fully saturated rings. The standard InChI is InChI=1S/C30H20Cl2N2O4S/c31-21-7-11-23(12-8-21)33-30-34(24-13-9-22(32)10-14-24)28(35)27(39-30)17-20-6-15-26(25(16-20)29(36)37)38-18-19-4-2-1-3-5-19/h1-17H,18H2,(H,36,37)/b27-17-,33-30?. The predicted octanol–water partition coefficient (Wildman–Crippen LogP) is 8.08. The Hall–Kier alpha value is -4.04. The molecule has 0 unspecified atom stereocenters. The number of thioether (sulfide) groups is 1. The van der Waals surface area contributed by atoms with E-state index in [0.29, 0.717) is 37.1 Å². The van der Waals surface area contributed by atoms with Gasteiger partial charge in [-0.3, -0.25) is 9.69 Å². The fourth-order valence-corrected chi connectivity index (χ4v) is 5.06. The summed E-state index contributed by atoms with van der Waals surface area (Å²) in [7, 11) is 0. The van der Waals surface area contributed by atoms with E-state index in [9.17, 15) is 14.7 Å². The molecule has 0 aliphatic carbocycles. The lowest BCUT2D eigenvalue weighted by Crippen LogP contribution is -2.28. The fraction of sp³-hybridized carbons (Fsp3) is 0.0333. The van der Waals surface area contributed by atoms with Crippen molar-refractivity contribution in [1.82, 2.24) is 0 Å². The summed E-state index contributed by atoms with van der Waals surface area (Å²) < 4.78 is 5.79. The van der Waals surface area contributed by atoms with Crippen molar-refractivity contribution in [3.8, 4) is 5.75 Å². The first-order valence-corrected chi connectivity index (χ1v) is 13.3. The highest BCUT2D eigenvalue weighted by Crippen LogP contribution is 2.38. The summed E-state index contributed by atoms with van der Waals surface area (Å²) in [5, 5.41) is 11.4. The van der Waals surface area contributed by atoms with E-state index in [1.807, 2.05) is 30.3 Å². The minimum absolute atomic E-state index is 0.000314. The second-order valence-corrected chi connectivity index (χ2v) is 10.3. The van der Waals surface area contributed by atoms with Gasteiger partial charge in [0.15, 0.2) is 5.17 Å². The molecule has 6 nitrogen and oxygen atoms in total. The molecular weight excluding hydrogens is 555 g/mol. The molecule has 1 heterocycles. The Balaban J connectivity index is 1.47. The summed E-state index contributed by atoms with van der Waals surface area (Å²) in [4.78, 5) is 32.1. The van der Waals surface area contributed by atoms with Gasteiger partial charge in [0.1, 0.15) is 17.9 Å². The third-order valence-corrected chi connectivity index (χ3v) is 7.18. The number of hydrogen-bond donors (Lipinski definition) is 1. The molecule has 4 aromatic rings. The minimum Gasteiger partial charge on any atom is -0.488 e. The van der Waals surface area contributed by atoms with E-state index in [-0.39, 0.29) is 23.8 Å². The molecule has 1 saturated heterocycles. The van der Waals surface area contributed by atoms with E-state index >= 15 is 0 Å². The number of rotatable bonds is 7. The van der Waals surface area contributed by atoms with E-state index in [0.717, 1.165) is 5.56 Å². The van der Waals surface area contributed by atoms with Crippen molar-refractivity contribution in [1.29, 1.82) is 0 Å². The number of carbonyl (C=O) groups excluding carboxylic acids is 1. The summed E-state index contributed by atoms with van der Waals surface area (Å²) in [5.74, 6) is -1.18. The van der Waals surface area contributed by atoms with Crippen LogP contribution in [0.15, 0.2) is 107 Å². The number of aromatic carboxylic acids is 1. The molecule has 1 aliphatic rings. The lowest BCUT2D eigenvalue weighted by Gasteiger charge is -2.15. The van der Waals surface area contributed by atoms with E-state index in [1.54, 1.807) is 66.7 Å². The van der Waals surface area contributed by atoms with Crippen LogP contribution in [0.1, 0.15) is 21.5 Å². The molecule has 9 heteroatoms. The third kappa shape index (κ3) is 6.34. The summed E-state index contributed by atoms with van der Waals surface area (Å²) in [6, 6.07) is 28.1. The lowest BCUT2D eigenvalue weighted by molar-refractivity contribution is -0.113. The SMILES string of the molecule is O=C(O)c1cc(/C=C2\SC(=Nc3ccc(Cl)cc3)N(c3ccc(Cl)cc3)C2=O)ccc1OCc1ccccc1. The van der Waals surface area contributed by atoms with Crippen LogP contribution >= 0.6 is 35.0 Å². The van der Waals surface area contributed by atoms with Crippen LogP contribution in [0.5, 0.6) is 5.75 Å². The van der Waals surface area contributed by atoms with Gasteiger partial charge < -0.3 is 9.84 Å². The zero-order chi connectivity index (χ0) is 27.4. The largest absolute Gasteiger partial charge is 0.488 e. The van der Waals surface area contributed by atoms with Crippen molar-refractivity contribution in [3.05, 3.63) is 129 Å². The van der Waals surface area contributed by atoms with Crippen molar-refractivity contribution in [3.63, 3.8) is 0 Å². The number of amidine groups is 1. The third-order valence-electron chi connectivity index (χ3n) is 5.71. The lowest BCUT2D eigenvalue weighted by atomic mass is 10.1. The first-order chi connectivity index (χ1) is 18.9. The summed E-state index contributed by atoms with van der Waals surface area (Å²) in [6.07, 6.45) is 1.65. The molecule has 39 heavy (non-hydrogen) atoms. The number of carbonyl (C=O) groups is 2. The average molecular weight is 575 g/mol. The van der Waals surface area contributed by atoms with Crippen molar-refractivity contribution in [2.45, 2.75) is 6.61 Å². The van der Waals surface area contributed by atoms with Crippen LogP contribution in [0, 0.1) is 0 Å². The Bertz CT molecular complexity index is 1590. The first kappa shape index (κ1) is 26.6. The number of benzene rings is 4. The van der Waals surface area contributed by atoms with Crippen LogP contribution in [0.4, 0.5) is 11.4 Å². The Morgan fingerprint density at radius 1 is 0.923 bits per heavy atom. The van der Waals surface area contributed by atoms with Crippen molar-refractivity contribution in [2.75, 3.05) is 4.90 Å². The van der Waals surface area contributed by atoms with Gasteiger partial charge in [0.05, 0.1) is 16.3 Å². The quantitative estimate of drug-likeness (QED) is 0.226. The zero-order valence-corrected chi connectivity index (χ0v) is 22.6. The Morgan fingerprint density at radius 3 is 2.26 bits per heavy atom. The maximum atomic E-state index is 13.6. The molecule has 4 aromatic carbocycles. The second-order valence-electron chi connectivity index (χ2n) is 8.43. The van der Waals surface area contributed by atoms with E-state index in [1.165, 1.54) is 22.7 Å². The predicted molar refractivity (Wildman–Crippen MR) is 157 cm³/mol. The molecule has 1 amide bonds. The van der Waals surface area contributed by atoms with Crippen LogP contribution < -0.4 is 9.64 Å². The number of carboxylic acids is 1. The molecule has 1 aliphatic heterocycles. The number of nitrogens with zero attached hydrogens (tertiary/aromatic N) is 2. The van der Waals surface area contributed by atoms with Crippen molar-refractivity contribution >= 4 is 69.5 Å². The van der Waals surface area contributed by atoms with Gasteiger partial charge in [-0.1, -0.05) is 59.6 Å². The van der Waals surface area contributed by atoms with Crippen LogP contribution in [0.25, 0.3) is 6.08 Å². The normalized spacial score (nSPS) is 15.2. The molecular formula is C30H20Cl2N2O4S. The molecule has 0 bridgehead atoms. The van der Waals surface area contributed by atoms with Crippen LogP contribution in [-0.4, -0.2) is 22.2 Å². The van der Waals surface area contributed by atoms with Gasteiger partial charge in [0.2, 0.25) is 0 Å². The smallest absolute Gasteiger partial charge is 0.339 e. The number of hydrogen-bond acceptors (Lipinski definition) is 5. The fourth-order valence-electron chi connectivity index (χ4n) is 3.81. The molecule has 0 aromatic heterocycles. The van der Waals surface area contributed by atoms with Gasteiger partial charge in [0.25, 0.3) is 5.91 Å². The number of halogens is 2. The monoisotopic (exact) mass is 574 g/mol. The highest BCUT2D eigenvalue weighted by molar-refractivity contribution is 8.19. The van der Waals surface area contributed by atoms with Gasteiger partial charge in [-0.05, 0) is 89.6 Å². The van der Waals surface area contributed by atoms with Gasteiger partial charge in [-0.25, -0.2) is 9.79 Å². The van der Waals surface area contributed by atoms with Crippen LogP contribution in [-0.2, 0) is 11.4 Å². The number of ether oxygens (including phenoxy) is 1. The molecule has 0 saturated carbocycles. The second kappa shape index (κ2) is 11.8.